The first kappa shape index (κ1) is 14.2. The van der Waals surface area contributed by atoms with Gasteiger partial charge in [0, 0.05) is 11.1 Å². The van der Waals surface area contributed by atoms with Crippen LogP contribution in [0.1, 0.15) is 4.88 Å². The molecule has 106 valence electrons. The van der Waals surface area contributed by atoms with Crippen molar-refractivity contribution in [2.24, 2.45) is 0 Å². The molecule has 3 N–H and O–H groups in total. The molecule has 2 aromatic rings. The molecule has 8 nitrogen and oxygen atoms in total. The number of nitro benzene ring substituents is 1. The number of anilines is 2. The number of nitrogen functional groups attached to an aromatic ring is 1. The molecule has 0 spiro atoms. The van der Waals surface area contributed by atoms with Crippen LogP contribution >= 0.6 is 11.3 Å². The van der Waals surface area contributed by atoms with Gasteiger partial charge in [0.2, 0.25) is 0 Å². The van der Waals surface area contributed by atoms with Crippen molar-refractivity contribution in [2.45, 2.75) is 11.8 Å². The molecule has 0 unspecified atom stereocenters. The number of nitrogens with two attached hydrogens (primary N) is 1. The highest BCUT2D eigenvalue weighted by Gasteiger charge is 2.28. The fourth-order valence-electron chi connectivity index (χ4n) is 1.52. The Labute approximate surface area is 118 Å². The first-order chi connectivity index (χ1) is 9.31. The standard InChI is InChI=1S/C10H10N4O4S2/c1-6-5-12-10(19-6)13-20(17,18)8-4-2-3-7(11)9(8)14(15)16/h2-5H,11H2,1H3,(H,12,13). The highest BCUT2D eigenvalue weighted by molar-refractivity contribution is 7.93. The number of aryl methyl sites for hydroxylation is 1. The minimum atomic E-state index is -4.12. The summed E-state index contributed by atoms with van der Waals surface area (Å²) in [6.07, 6.45) is 1.50. The third-order valence-electron chi connectivity index (χ3n) is 2.35. The van der Waals surface area contributed by atoms with E-state index in [0.29, 0.717) is 0 Å². The first-order valence-corrected chi connectivity index (χ1v) is 7.59. The van der Waals surface area contributed by atoms with E-state index < -0.39 is 25.5 Å². The van der Waals surface area contributed by atoms with E-state index in [1.165, 1.54) is 18.3 Å². The molecule has 0 atom stereocenters. The van der Waals surface area contributed by atoms with Crippen LogP contribution in [-0.2, 0) is 10.0 Å². The van der Waals surface area contributed by atoms with Crippen LogP contribution in [-0.4, -0.2) is 18.3 Å². The largest absolute Gasteiger partial charge is 0.393 e. The van der Waals surface area contributed by atoms with E-state index in [2.05, 4.69) is 9.71 Å². The number of nitrogens with zero attached hydrogens (tertiary/aromatic N) is 2. The zero-order chi connectivity index (χ0) is 14.9. The zero-order valence-corrected chi connectivity index (χ0v) is 11.9. The lowest BCUT2D eigenvalue weighted by molar-refractivity contribution is -0.386. The lowest BCUT2D eigenvalue weighted by Crippen LogP contribution is -2.15. The number of sulfonamides is 1. The van der Waals surface area contributed by atoms with Gasteiger partial charge in [-0.2, -0.15) is 0 Å². The summed E-state index contributed by atoms with van der Waals surface area (Å²) >= 11 is 1.13. The van der Waals surface area contributed by atoms with E-state index in [-0.39, 0.29) is 10.8 Å². The van der Waals surface area contributed by atoms with Gasteiger partial charge < -0.3 is 5.73 Å². The monoisotopic (exact) mass is 314 g/mol. The van der Waals surface area contributed by atoms with Gasteiger partial charge in [0.15, 0.2) is 10.0 Å². The number of rotatable bonds is 4. The average molecular weight is 314 g/mol. The number of para-hydroxylation sites is 1. The van der Waals surface area contributed by atoms with Crippen LogP contribution < -0.4 is 10.5 Å². The molecule has 1 heterocycles. The lowest BCUT2D eigenvalue weighted by atomic mass is 10.3. The summed E-state index contributed by atoms with van der Waals surface area (Å²) in [5, 5.41) is 11.1. The highest BCUT2D eigenvalue weighted by atomic mass is 32.2. The van der Waals surface area contributed by atoms with E-state index in [4.69, 9.17) is 5.73 Å². The maximum Gasteiger partial charge on any atom is 0.312 e. The van der Waals surface area contributed by atoms with Crippen molar-refractivity contribution in [2.75, 3.05) is 10.5 Å². The van der Waals surface area contributed by atoms with Crippen molar-refractivity contribution < 1.29 is 13.3 Å². The molecule has 0 aliphatic carbocycles. The van der Waals surface area contributed by atoms with E-state index in [1.54, 1.807) is 6.92 Å². The molecule has 1 aromatic heterocycles. The van der Waals surface area contributed by atoms with Gasteiger partial charge in [-0.05, 0) is 19.1 Å². The van der Waals surface area contributed by atoms with Crippen LogP contribution in [0.4, 0.5) is 16.5 Å². The Bertz CT molecular complexity index is 769. The Morgan fingerprint density at radius 1 is 1.45 bits per heavy atom. The van der Waals surface area contributed by atoms with Gasteiger partial charge in [0.25, 0.3) is 10.0 Å². The van der Waals surface area contributed by atoms with Gasteiger partial charge in [0.05, 0.1) is 4.92 Å². The zero-order valence-electron chi connectivity index (χ0n) is 10.2. The summed E-state index contributed by atoms with van der Waals surface area (Å²) in [5.74, 6) is 0. The average Bonchev–Trinajstić information content (AvgIpc) is 2.73. The van der Waals surface area contributed by atoms with Crippen molar-refractivity contribution >= 4 is 37.9 Å². The lowest BCUT2D eigenvalue weighted by Gasteiger charge is -2.07. The summed E-state index contributed by atoms with van der Waals surface area (Å²) in [5.41, 5.74) is 4.61. The molecule has 2 rings (SSSR count). The van der Waals surface area contributed by atoms with Gasteiger partial charge in [-0.25, -0.2) is 13.4 Å². The molecule has 0 aliphatic heterocycles. The number of hydrogen-bond donors (Lipinski definition) is 2. The number of nitro groups is 1. The molecule has 1 aromatic carbocycles. The van der Waals surface area contributed by atoms with E-state index in [0.717, 1.165) is 22.3 Å². The topological polar surface area (TPSA) is 128 Å². The molecule has 10 heteroatoms. The van der Waals surface area contributed by atoms with Crippen molar-refractivity contribution in [1.29, 1.82) is 0 Å². The van der Waals surface area contributed by atoms with Crippen LogP contribution in [0, 0.1) is 17.0 Å². The molecule has 20 heavy (non-hydrogen) atoms. The third kappa shape index (κ3) is 2.70. The maximum atomic E-state index is 12.2. The molecular formula is C10H10N4O4S2. The number of nitrogens with one attached hydrogen (secondary N) is 1. The third-order valence-corrected chi connectivity index (χ3v) is 4.67. The summed E-state index contributed by atoms with van der Waals surface area (Å²) < 4.78 is 26.6. The van der Waals surface area contributed by atoms with Crippen LogP contribution in [0.25, 0.3) is 0 Å². The van der Waals surface area contributed by atoms with Gasteiger partial charge in [-0.15, -0.1) is 11.3 Å². The van der Waals surface area contributed by atoms with Crippen molar-refractivity contribution in [3.63, 3.8) is 0 Å². The van der Waals surface area contributed by atoms with E-state index in [1.807, 2.05) is 0 Å². The molecule has 0 radical (unpaired) electrons. The Hall–Kier alpha value is -2.20. The van der Waals surface area contributed by atoms with Crippen LogP contribution in [0.5, 0.6) is 0 Å². The summed E-state index contributed by atoms with van der Waals surface area (Å²) in [4.78, 5) is 14.3. The van der Waals surface area contributed by atoms with Gasteiger partial charge >= 0.3 is 5.69 Å². The smallest absolute Gasteiger partial charge is 0.312 e. The molecule has 0 saturated carbocycles. The second-order valence-corrected chi connectivity index (χ2v) is 6.72. The predicted molar refractivity (Wildman–Crippen MR) is 75.2 cm³/mol. The minimum Gasteiger partial charge on any atom is -0.393 e. The number of aromatic nitrogens is 1. The number of thiazole rings is 1. The van der Waals surface area contributed by atoms with Gasteiger partial charge in [-0.3, -0.25) is 14.8 Å². The SMILES string of the molecule is Cc1cnc(NS(=O)(=O)c2cccc(N)c2[N+](=O)[O-])s1. The van der Waals surface area contributed by atoms with Gasteiger partial charge in [-0.1, -0.05) is 6.07 Å². The van der Waals surface area contributed by atoms with Crippen molar-refractivity contribution in [3.8, 4) is 0 Å². The summed E-state index contributed by atoms with van der Waals surface area (Å²) in [6, 6.07) is 3.73. The quantitative estimate of drug-likeness (QED) is 0.502. The fraction of sp³-hybridized carbons (Fsp3) is 0.100. The van der Waals surface area contributed by atoms with Crippen LogP contribution in [0.2, 0.25) is 0 Å². The molecule has 0 fully saturated rings. The Morgan fingerprint density at radius 3 is 2.70 bits per heavy atom. The highest BCUT2D eigenvalue weighted by Crippen LogP contribution is 2.31. The predicted octanol–water partition coefficient (Wildman–Crippen LogP) is 1.74. The molecule has 0 bridgehead atoms. The van der Waals surface area contributed by atoms with Crippen molar-refractivity contribution in [3.05, 3.63) is 39.4 Å². The Kier molecular flexibility index (Phi) is 3.59. The summed E-state index contributed by atoms with van der Waals surface area (Å²) in [7, 11) is -4.12. The number of benzene rings is 1. The normalized spacial score (nSPS) is 11.2. The molecular weight excluding hydrogens is 304 g/mol. The molecule has 0 saturated heterocycles. The second kappa shape index (κ2) is 5.06. The fourth-order valence-corrected chi connectivity index (χ4v) is 3.63. The second-order valence-electron chi connectivity index (χ2n) is 3.83. The molecule has 0 aliphatic rings. The van der Waals surface area contributed by atoms with E-state index in [9.17, 15) is 18.5 Å². The Balaban J connectivity index is 2.50. The number of hydrogen-bond acceptors (Lipinski definition) is 7. The van der Waals surface area contributed by atoms with Crippen LogP contribution in [0.3, 0.4) is 0 Å². The van der Waals surface area contributed by atoms with Gasteiger partial charge in [0.1, 0.15) is 5.69 Å². The minimum absolute atomic E-state index is 0.138. The van der Waals surface area contributed by atoms with E-state index >= 15 is 0 Å². The summed E-state index contributed by atoms with van der Waals surface area (Å²) in [6.45, 7) is 1.76. The first-order valence-electron chi connectivity index (χ1n) is 5.29. The maximum absolute atomic E-state index is 12.2. The molecule has 0 amide bonds. The Morgan fingerprint density at radius 2 is 2.15 bits per heavy atom. The van der Waals surface area contributed by atoms with Crippen LogP contribution in [0.15, 0.2) is 29.3 Å². The van der Waals surface area contributed by atoms with Crippen molar-refractivity contribution in [1.82, 2.24) is 4.98 Å².